The molecule has 0 heterocycles. The van der Waals surface area contributed by atoms with Crippen LogP contribution in [0.25, 0.3) is 0 Å². The molecule has 0 aliphatic heterocycles. The SMILES string of the molecule is CCCN(CCC)C(=O)c1cccc(C(=O)NC(C)(C)CCC(=O)O)c1. The molecule has 6 nitrogen and oxygen atoms in total. The lowest BCUT2D eigenvalue weighted by Gasteiger charge is -2.26. The smallest absolute Gasteiger partial charge is 0.303 e. The van der Waals surface area contributed by atoms with Gasteiger partial charge in [-0.25, -0.2) is 0 Å². The molecule has 2 N–H and O–H groups in total. The standard InChI is InChI=1S/C20H30N2O4/c1-5-12-22(13-6-2)19(26)16-9-7-8-15(14-16)18(25)21-20(3,4)11-10-17(23)24/h7-9,14H,5-6,10-13H2,1-4H3,(H,21,25)(H,23,24). The van der Waals surface area contributed by atoms with Crippen LogP contribution in [-0.2, 0) is 4.79 Å². The number of carboxylic acid groups (broad SMARTS) is 1. The highest BCUT2D eigenvalue weighted by Gasteiger charge is 2.23. The second-order valence-electron chi connectivity index (χ2n) is 7.10. The molecule has 1 aromatic rings. The highest BCUT2D eigenvalue weighted by Crippen LogP contribution is 2.14. The van der Waals surface area contributed by atoms with Crippen molar-refractivity contribution in [2.24, 2.45) is 0 Å². The summed E-state index contributed by atoms with van der Waals surface area (Å²) >= 11 is 0. The second kappa shape index (κ2) is 9.94. The van der Waals surface area contributed by atoms with Crippen LogP contribution in [0.1, 0.15) is 74.1 Å². The van der Waals surface area contributed by atoms with E-state index in [1.54, 1.807) is 43.0 Å². The van der Waals surface area contributed by atoms with Gasteiger partial charge >= 0.3 is 5.97 Å². The average Bonchev–Trinajstić information content (AvgIpc) is 2.59. The van der Waals surface area contributed by atoms with Gasteiger partial charge in [-0.1, -0.05) is 19.9 Å². The van der Waals surface area contributed by atoms with Gasteiger partial charge in [0.25, 0.3) is 11.8 Å². The maximum absolute atomic E-state index is 12.7. The normalized spacial score (nSPS) is 11.1. The lowest BCUT2D eigenvalue weighted by molar-refractivity contribution is -0.137. The number of benzene rings is 1. The number of carbonyl (C=O) groups is 3. The molecule has 0 bridgehead atoms. The molecule has 144 valence electrons. The van der Waals surface area contributed by atoms with Crippen LogP contribution in [-0.4, -0.2) is 46.4 Å². The molecular formula is C20H30N2O4. The Morgan fingerprint density at radius 1 is 1.08 bits per heavy atom. The van der Waals surface area contributed by atoms with Gasteiger partial charge in [0, 0.05) is 36.2 Å². The molecule has 0 unspecified atom stereocenters. The van der Waals surface area contributed by atoms with Gasteiger partial charge in [0.05, 0.1) is 0 Å². The van der Waals surface area contributed by atoms with Gasteiger partial charge in [0.2, 0.25) is 0 Å². The topological polar surface area (TPSA) is 86.7 Å². The minimum atomic E-state index is -0.896. The Hall–Kier alpha value is -2.37. The number of rotatable bonds is 10. The molecule has 0 aromatic heterocycles. The molecule has 0 saturated carbocycles. The first-order chi connectivity index (χ1) is 12.2. The van der Waals surface area contributed by atoms with E-state index in [1.165, 1.54) is 0 Å². The maximum Gasteiger partial charge on any atom is 0.303 e. The van der Waals surface area contributed by atoms with Crippen LogP contribution in [0.3, 0.4) is 0 Å². The van der Waals surface area contributed by atoms with Crippen molar-refractivity contribution in [1.82, 2.24) is 10.2 Å². The molecule has 0 aliphatic carbocycles. The van der Waals surface area contributed by atoms with E-state index < -0.39 is 11.5 Å². The zero-order valence-electron chi connectivity index (χ0n) is 16.2. The van der Waals surface area contributed by atoms with Gasteiger partial charge in [-0.3, -0.25) is 14.4 Å². The van der Waals surface area contributed by atoms with Gasteiger partial charge in [-0.05, 0) is 51.3 Å². The van der Waals surface area contributed by atoms with Crippen molar-refractivity contribution in [3.8, 4) is 0 Å². The van der Waals surface area contributed by atoms with Crippen LogP contribution in [0.15, 0.2) is 24.3 Å². The Morgan fingerprint density at radius 3 is 2.19 bits per heavy atom. The van der Waals surface area contributed by atoms with E-state index in [4.69, 9.17) is 5.11 Å². The number of carboxylic acids is 1. The Balaban J connectivity index is 2.89. The average molecular weight is 362 g/mol. The summed E-state index contributed by atoms with van der Waals surface area (Å²) < 4.78 is 0. The molecular weight excluding hydrogens is 332 g/mol. The summed E-state index contributed by atoms with van der Waals surface area (Å²) in [5.41, 5.74) is 0.237. The zero-order chi connectivity index (χ0) is 19.7. The fourth-order valence-electron chi connectivity index (χ4n) is 2.69. The number of aliphatic carboxylic acids is 1. The summed E-state index contributed by atoms with van der Waals surface area (Å²) in [6, 6.07) is 6.67. The molecule has 26 heavy (non-hydrogen) atoms. The van der Waals surface area contributed by atoms with Crippen molar-refractivity contribution in [2.75, 3.05) is 13.1 Å². The van der Waals surface area contributed by atoms with E-state index in [1.807, 2.05) is 13.8 Å². The number of amides is 2. The predicted molar refractivity (Wildman–Crippen MR) is 101 cm³/mol. The molecule has 1 aromatic carbocycles. The molecule has 6 heteroatoms. The summed E-state index contributed by atoms with van der Waals surface area (Å²) in [6.45, 7) is 8.99. The predicted octanol–water partition coefficient (Wildman–Crippen LogP) is 3.32. The largest absolute Gasteiger partial charge is 0.481 e. The summed E-state index contributed by atoms with van der Waals surface area (Å²) in [4.78, 5) is 37.7. The molecule has 2 amide bonds. The van der Waals surface area contributed by atoms with Crippen LogP contribution < -0.4 is 5.32 Å². The summed E-state index contributed by atoms with van der Waals surface area (Å²) in [5.74, 6) is -1.28. The van der Waals surface area contributed by atoms with Gasteiger partial charge < -0.3 is 15.3 Å². The Bertz CT molecular complexity index is 634. The third-order valence-electron chi connectivity index (χ3n) is 4.06. The molecule has 0 aliphatic rings. The van der Waals surface area contributed by atoms with Crippen LogP contribution in [0.2, 0.25) is 0 Å². The molecule has 0 atom stereocenters. The van der Waals surface area contributed by atoms with Crippen molar-refractivity contribution >= 4 is 17.8 Å². The van der Waals surface area contributed by atoms with Crippen LogP contribution in [0.4, 0.5) is 0 Å². The molecule has 0 radical (unpaired) electrons. The fourth-order valence-corrected chi connectivity index (χ4v) is 2.69. The fraction of sp³-hybridized carbons (Fsp3) is 0.550. The van der Waals surface area contributed by atoms with Crippen molar-refractivity contribution in [3.63, 3.8) is 0 Å². The first-order valence-corrected chi connectivity index (χ1v) is 9.13. The van der Waals surface area contributed by atoms with E-state index in [-0.39, 0.29) is 18.2 Å². The first-order valence-electron chi connectivity index (χ1n) is 9.13. The summed E-state index contributed by atoms with van der Waals surface area (Å²) in [7, 11) is 0. The van der Waals surface area contributed by atoms with Crippen molar-refractivity contribution < 1.29 is 19.5 Å². The monoisotopic (exact) mass is 362 g/mol. The van der Waals surface area contributed by atoms with Crippen LogP contribution in [0.5, 0.6) is 0 Å². The minimum absolute atomic E-state index is 0.0190. The van der Waals surface area contributed by atoms with E-state index in [0.29, 0.717) is 30.6 Å². The van der Waals surface area contributed by atoms with Crippen molar-refractivity contribution in [1.29, 1.82) is 0 Å². The zero-order valence-corrected chi connectivity index (χ0v) is 16.2. The van der Waals surface area contributed by atoms with E-state index in [2.05, 4.69) is 5.32 Å². The number of nitrogens with one attached hydrogen (secondary N) is 1. The molecule has 0 spiro atoms. The van der Waals surface area contributed by atoms with Gasteiger partial charge in [0.1, 0.15) is 0 Å². The highest BCUT2D eigenvalue weighted by atomic mass is 16.4. The quantitative estimate of drug-likeness (QED) is 0.668. The van der Waals surface area contributed by atoms with E-state index >= 15 is 0 Å². The van der Waals surface area contributed by atoms with E-state index in [9.17, 15) is 14.4 Å². The van der Waals surface area contributed by atoms with Crippen LogP contribution >= 0.6 is 0 Å². The Labute approximate surface area is 155 Å². The van der Waals surface area contributed by atoms with Crippen molar-refractivity contribution in [2.45, 2.75) is 58.9 Å². The number of carbonyl (C=O) groups excluding carboxylic acids is 2. The highest BCUT2D eigenvalue weighted by molar-refractivity contribution is 5.99. The van der Waals surface area contributed by atoms with Gasteiger partial charge in [-0.15, -0.1) is 0 Å². The summed E-state index contributed by atoms with van der Waals surface area (Å²) in [6.07, 6.45) is 2.07. The maximum atomic E-state index is 12.7. The summed E-state index contributed by atoms with van der Waals surface area (Å²) in [5, 5.41) is 11.7. The number of hydrogen-bond donors (Lipinski definition) is 2. The third-order valence-corrected chi connectivity index (χ3v) is 4.06. The second-order valence-corrected chi connectivity index (χ2v) is 7.10. The lowest BCUT2D eigenvalue weighted by Crippen LogP contribution is -2.43. The number of hydrogen-bond acceptors (Lipinski definition) is 3. The van der Waals surface area contributed by atoms with Gasteiger partial charge in [-0.2, -0.15) is 0 Å². The molecule has 1 rings (SSSR count). The first kappa shape index (κ1) is 21.7. The van der Waals surface area contributed by atoms with E-state index in [0.717, 1.165) is 12.8 Å². The third kappa shape index (κ3) is 6.86. The molecule has 0 fully saturated rings. The van der Waals surface area contributed by atoms with Gasteiger partial charge in [0.15, 0.2) is 0 Å². The Kier molecular flexibility index (Phi) is 8.29. The lowest BCUT2D eigenvalue weighted by atomic mass is 9.97. The minimum Gasteiger partial charge on any atom is -0.481 e. The Morgan fingerprint density at radius 2 is 1.65 bits per heavy atom. The molecule has 0 saturated heterocycles. The van der Waals surface area contributed by atoms with Crippen molar-refractivity contribution in [3.05, 3.63) is 35.4 Å². The number of nitrogens with zero attached hydrogens (tertiary/aromatic N) is 1. The van der Waals surface area contributed by atoms with Crippen LogP contribution in [0, 0.1) is 0 Å².